The quantitative estimate of drug-likeness (QED) is 0.263. The van der Waals surface area contributed by atoms with Crippen molar-refractivity contribution in [3.8, 4) is 22.3 Å². The van der Waals surface area contributed by atoms with Crippen LogP contribution in [0.25, 0.3) is 33.0 Å². The van der Waals surface area contributed by atoms with Gasteiger partial charge >= 0.3 is 0 Å². The molecule has 0 saturated heterocycles. The first-order chi connectivity index (χ1) is 12.8. The normalized spacial score (nSPS) is 18.4. The molecule has 0 N–H and O–H groups in total. The number of alkyl halides is 2. The van der Waals surface area contributed by atoms with Gasteiger partial charge in [-0.1, -0.05) is 117 Å². The maximum Gasteiger partial charge on any atom is 0.0571 e. The summed E-state index contributed by atoms with van der Waals surface area (Å²) in [6.45, 7) is 0. The zero-order valence-electron chi connectivity index (χ0n) is 14.0. The van der Waals surface area contributed by atoms with Crippen LogP contribution >= 0.6 is 31.9 Å². The van der Waals surface area contributed by atoms with Gasteiger partial charge < -0.3 is 0 Å². The molecule has 126 valence electrons. The van der Waals surface area contributed by atoms with Crippen LogP contribution in [0.15, 0.2) is 84.9 Å². The molecule has 0 amide bonds. The van der Waals surface area contributed by atoms with Gasteiger partial charge in [-0.3, -0.25) is 0 Å². The lowest BCUT2D eigenvalue weighted by Crippen LogP contribution is -2.18. The minimum Gasteiger partial charge on any atom is -0.0822 e. The summed E-state index contributed by atoms with van der Waals surface area (Å²) >= 11 is 7.84. The zero-order valence-corrected chi connectivity index (χ0v) is 17.2. The van der Waals surface area contributed by atoms with E-state index in [4.69, 9.17) is 0 Å². The maximum absolute atomic E-state index is 3.92. The lowest BCUT2D eigenvalue weighted by Gasteiger charge is -2.38. The summed E-state index contributed by atoms with van der Waals surface area (Å²) < 4.78 is 0. The number of hydrogen-bond acceptors (Lipinski definition) is 0. The predicted molar refractivity (Wildman–Crippen MR) is 118 cm³/mol. The van der Waals surface area contributed by atoms with Crippen molar-refractivity contribution in [3.63, 3.8) is 0 Å². The molecule has 0 bridgehead atoms. The van der Waals surface area contributed by atoms with Gasteiger partial charge in [0, 0.05) is 0 Å². The van der Waals surface area contributed by atoms with E-state index in [1.54, 1.807) is 0 Å². The Morgan fingerprint density at radius 1 is 0.462 bits per heavy atom. The molecule has 0 aromatic heterocycles. The molecule has 0 nitrogen and oxygen atoms in total. The molecule has 1 aliphatic carbocycles. The molecule has 26 heavy (non-hydrogen) atoms. The lowest BCUT2D eigenvalue weighted by molar-refractivity contribution is 0.829. The summed E-state index contributed by atoms with van der Waals surface area (Å²) in [4.78, 5) is 0.638. The summed E-state index contributed by atoms with van der Waals surface area (Å²) in [7, 11) is 0. The largest absolute Gasteiger partial charge is 0.0822 e. The van der Waals surface area contributed by atoms with E-state index >= 15 is 0 Å². The van der Waals surface area contributed by atoms with Gasteiger partial charge in [-0.25, -0.2) is 0 Å². The second-order valence-corrected chi connectivity index (χ2v) is 8.63. The van der Waals surface area contributed by atoms with E-state index in [9.17, 15) is 0 Å². The Morgan fingerprint density at radius 2 is 0.808 bits per heavy atom. The molecule has 0 heterocycles. The van der Waals surface area contributed by atoms with Crippen LogP contribution < -0.4 is 0 Å². The Balaban J connectivity index is 1.95. The van der Waals surface area contributed by atoms with E-state index in [1.165, 1.54) is 44.2 Å². The molecular formula is C24H16Br2. The van der Waals surface area contributed by atoms with Crippen molar-refractivity contribution in [1.29, 1.82) is 0 Å². The Labute approximate surface area is 170 Å². The fraction of sp³-hybridized carbons (Fsp3) is 0.0833. The van der Waals surface area contributed by atoms with Gasteiger partial charge in [0.15, 0.2) is 0 Å². The highest BCUT2D eigenvalue weighted by Crippen LogP contribution is 2.62. The van der Waals surface area contributed by atoms with Gasteiger partial charge in [-0.2, -0.15) is 0 Å². The van der Waals surface area contributed by atoms with Crippen LogP contribution in [0.5, 0.6) is 0 Å². The molecular weight excluding hydrogens is 448 g/mol. The van der Waals surface area contributed by atoms with E-state index in [-0.39, 0.29) is 0 Å². The van der Waals surface area contributed by atoms with E-state index in [2.05, 4.69) is 117 Å². The molecule has 0 saturated carbocycles. The number of hydrogen-bond donors (Lipinski definition) is 0. The maximum atomic E-state index is 3.92. The lowest BCUT2D eigenvalue weighted by atomic mass is 9.74. The van der Waals surface area contributed by atoms with Crippen LogP contribution in [0.4, 0.5) is 0 Å². The van der Waals surface area contributed by atoms with Crippen LogP contribution in [0, 0.1) is 0 Å². The molecule has 0 radical (unpaired) electrons. The summed E-state index contributed by atoms with van der Waals surface area (Å²) in [6.07, 6.45) is 0. The van der Waals surface area contributed by atoms with E-state index in [0.29, 0.717) is 9.65 Å². The molecule has 2 heteroatoms. The first-order valence-corrected chi connectivity index (χ1v) is 10.6. The third-order valence-electron chi connectivity index (χ3n) is 5.23. The summed E-state index contributed by atoms with van der Waals surface area (Å²) in [5, 5.41) is 2.64. The topological polar surface area (TPSA) is 0 Å². The second-order valence-electron chi connectivity index (χ2n) is 6.66. The van der Waals surface area contributed by atoms with Gasteiger partial charge in [0.2, 0.25) is 0 Å². The van der Waals surface area contributed by atoms with Gasteiger partial charge in [0.25, 0.3) is 0 Å². The van der Waals surface area contributed by atoms with Crippen molar-refractivity contribution in [2.24, 2.45) is 0 Å². The number of halogens is 2. The van der Waals surface area contributed by atoms with E-state index in [1.807, 2.05) is 0 Å². The van der Waals surface area contributed by atoms with Crippen molar-refractivity contribution in [2.75, 3.05) is 0 Å². The number of benzene rings is 4. The molecule has 4 aromatic carbocycles. The molecule has 0 fully saturated rings. The average Bonchev–Trinajstić information content (AvgIpc) is 2.72. The second kappa shape index (κ2) is 6.37. The van der Waals surface area contributed by atoms with Gasteiger partial charge in [-0.15, -0.1) is 0 Å². The summed E-state index contributed by atoms with van der Waals surface area (Å²) in [5.41, 5.74) is 8.10. The van der Waals surface area contributed by atoms with E-state index in [0.717, 1.165) is 0 Å². The first kappa shape index (κ1) is 16.3. The summed E-state index contributed by atoms with van der Waals surface area (Å²) in [5.74, 6) is 0. The highest BCUT2D eigenvalue weighted by Gasteiger charge is 2.40. The van der Waals surface area contributed by atoms with Crippen molar-refractivity contribution in [3.05, 3.63) is 96.1 Å². The van der Waals surface area contributed by atoms with Crippen molar-refractivity contribution in [2.45, 2.75) is 9.65 Å². The van der Waals surface area contributed by atoms with Crippen LogP contribution in [0.1, 0.15) is 20.8 Å². The SMILES string of the molecule is Br[C@@H]1c2c(c(-c3ccccc3)c3ccccc3c2-c2ccccc2)[C@@H]1Br. The Bertz CT molecular complexity index is 1010. The number of rotatable bonds is 2. The van der Waals surface area contributed by atoms with Gasteiger partial charge in [0.1, 0.15) is 0 Å². The van der Waals surface area contributed by atoms with Crippen molar-refractivity contribution in [1.82, 2.24) is 0 Å². The minimum absolute atomic E-state index is 0.319. The first-order valence-electron chi connectivity index (χ1n) is 8.75. The van der Waals surface area contributed by atoms with Gasteiger partial charge in [-0.05, 0) is 44.2 Å². The highest BCUT2D eigenvalue weighted by molar-refractivity contribution is 9.12. The predicted octanol–water partition coefficient (Wildman–Crippen LogP) is 8.06. The van der Waals surface area contributed by atoms with Crippen molar-refractivity contribution < 1.29 is 0 Å². The third-order valence-corrected chi connectivity index (χ3v) is 7.91. The molecule has 5 rings (SSSR count). The Kier molecular flexibility index (Phi) is 3.99. The zero-order chi connectivity index (χ0) is 17.7. The van der Waals surface area contributed by atoms with Crippen LogP contribution in [0.2, 0.25) is 0 Å². The molecule has 0 unspecified atom stereocenters. The van der Waals surface area contributed by atoms with Gasteiger partial charge in [0.05, 0.1) is 9.65 Å². The fourth-order valence-electron chi connectivity index (χ4n) is 4.08. The summed E-state index contributed by atoms with van der Waals surface area (Å²) in [6, 6.07) is 30.3. The van der Waals surface area contributed by atoms with E-state index < -0.39 is 0 Å². The van der Waals surface area contributed by atoms with Crippen LogP contribution in [-0.2, 0) is 0 Å². The molecule has 1 aliphatic rings. The minimum atomic E-state index is 0.319. The standard InChI is InChI=1S/C24H16Br2/c25-23-21-19(15-9-3-1-4-10-15)17-13-7-8-14-18(17)20(22(21)24(23)26)16-11-5-2-6-12-16/h1-14,23-24H/t23-,24+. The highest BCUT2D eigenvalue weighted by atomic mass is 79.9. The Morgan fingerprint density at radius 3 is 1.19 bits per heavy atom. The van der Waals surface area contributed by atoms with Crippen molar-refractivity contribution >= 4 is 42.6 Å². The van der Waals surface area contributed by atoms with Crippen LogP contribution in [-0.4, -0.2) is 0 Å². The fourth-order valence-corrected chi connectivity index (χ4v) is 5.56. The Hall–Kier alpha value is -1.90. The van der Waals surface area contributed by atoms with Crippen LogP contribution in [0.3, 0.4) is 0 Å². The molecule has 0 spiro atoms. The molecule has 2 atom stereocenters. The average molecular weight is 464 g/mol. The molecule has 0 aliphatic heterocycles. The number of fused-ring (bicyclic) bond motifs is 2. The molecule has 4 aromatic rings. The smallest absolute Gasteiger partial charge is 0.0571 e. The third kappa shape index (κ3) is 2.32. The monoisotopic (exact) mass is 462 g/mol.